The number of likely N-dealkylation sites (tertiary alicyclic amines) is 1. The van der Waals surface area contributed by atoms with E-state index < -0.39 is 53.4 Å². The molecule has 2 aromatic carbocycles. The number of rotatable bonds is 18. The third-order valence-corrected chi connectivity index (χ3v) is 9.57. The van der Waals surface area contributed by atoms with Gasteiger partial charge < -0.3 is 42.8 Å². The van der Waals surface area contributed by atoms with E-state index in [2.05, 4.69) is 16.0 Å². The third kappa shape index (κ3) is 11.4. The van der Waals surface area contributed by atoms with Crippen LogP contribution in [0.4, 0.5) is 0 Å². The fraction of sp³-hybridized carbons (Fsp3) is 0.541. The van der Waals surface area contributed by atoms with Crippen LogP contribution in [0.25, 0.3) is 0 Å². The first-order valence-electron chi connectivity index (χ1n) is 17.6. The lowest BCUT2D eigenvalue weighted by atomic mass is 9.88. The molecule has 272 valence electrons. The van der Waals surface area contributed by atoms with Gasteiger partial charge in [0, 0.05) is 19.5 Å². The molecule has 2 aliphatic rings. The van der Waals surface area contributed by atoms with Crippen molar-refractivity contribution in [1.82, 2.24) is 20.9 Å². The summed E-state index contributed by atoms with van der Waals surface area (Å²) in [6.45, 7) is 0.920. The smallest absolute Gasteiger partial charge is 0.325 e. The Morgan fingerprint density at radius 2 is 1.34 bits per heavy atom. The lowest BCUT2D eigenvalue weighted by Crippen LogP contribution is -2.61. The van der Waals surface area contributed by atoms with E-state index in [4.69, 9.17) is 21.9 Å². The van der Waals surface area contributed by atoms with E-state index >= 15 is 0 Å². The molecule has 1 unspecified atom stereocenters. The summed E-state index contributed by atoms with van der Waals surface area (Å²) >= 11 is 0. The van der Waals surface area contributed by atoms with Crippen LogP contribution in [0.5, 0.6) is 0 Å². The Labute approximate surface area is 294 Å². The molecule has 1 saturated carbocycles. The van der Waals surface area contributed by atoms with E-state index in [1.54, 1.807) is 4.90 Å². The van der Waals surface area contributed by atoms with Gasteiger partial charge in [0.05, 0.1) is 13.2 Å². The average Bonchev–Trinajstić information content (AvgIpc) is 3.95. The second-order valence-electron chi connectivity index (χ2n) is 13.6. The van der Waals surface area contributed by atoms with Gasteiger partial charge in [0.15, 0.2) is 0 Å². The molecule has 0 radical (unpaired) electrons. The molecule has 1 heterocycles. The fourth-order valence-electron chi connectivity index (χ4n) is 6.27. The van der Waals surface area contributed by atoms with Gasteiger partial charge >= 0.3 is 5.97 Å². The van der Waals surface area contributed by atoms with E-state index in [0.29, 0.717) is 38.6 Å². The summed E-state index contributed by atoms with van der Waals surface area (Å²) in [6, 6.07) is 15.0. The van der Waals surface area contributed by atoms with Crippen LogP contribution in [0.3, 0.4) is 0 Å². The predicted molar refractivity (Wildman–Crippen MR) is 189 cm³/mol. The van der Waals surface area contributed by atoms with Gasteiger partial charge in [0.1, 0.15) is 23.7 Å². The van der Waals surface area contributed by atoms with Gasteiger partial charge in [-0.3, -0.25) is 24.0 Å². The molecule has 4 atom stereocenters. The van der Waals surface area contributed by atoms with Crippen molar-refractivity contribution in [2.75, 3.05) is 26.7 Å². The Balaban J connectivity index is 1.46. The van der Waals surface area contributed by atoms with Crippen LogP contribution in [0.2, 0.25) is 0 Å². The molecule has 2 fully saturated rings. The number of methoxy groups -OCH3 is 1. The summed E-state index contributed by atoms with van der Waals surface area (Å²) in [7, 11) is 1.28. The molecule has 1 aliphatic carbocycles. The summed E-state index contributed by atoms with van der Waals surface area (Å²) in [6.07, 6.45) is 4.87. The Kier molecular flexibility index (Phi) is 14.3. The first-order valence-corrected chi connectivity index (χ1v) is 17.6. The number of nitrogens with two attached hydrogens (primary N) is 3. The fourth-order valence-corrected chi connectivity index (χ4v) is 6.27. The topological polar surface area (TPSA) is 212 Å². The van der Waals surface area contributed by atoms with Crippen molar-refractivity contribution in [3.63, 3.8) is 0 Å². The van der Waals surface area contributed by atoms with Gasteiger partial charge in [-0.25, -0.2) is 0 Å². The number of ether oxygens (including phenoxy) is 1. The number of unbranched alkanes of at least 4 members (excludes halogenated alkanes) is 1. The Morgan fingerprint density at radius 3 is 1.90 bits per heavy atom. The van der Waals surface area contributed by atoms with E-state index in [1.165, 1.54) is 7.11 Å². The number of carbonyl (C=O) groups excluding carboxylic acids is 5. The molecule has 13 nitrogen and oxygen atoms in total. The van der Waals surface area contributed by atoms with Gasteiger partial charge in [0.2, 0.25) is 23.6 Å². The minimum absolute atomic E-state index is 0.192. The number of benzene rings is 2. The monoisotopic (exact) mass is 691 g/mol. The molecule has 0 spiro atoms. The molecular formula is C37H53N7O6. The van der Waals surface area contributed by atoms with Crippen molar-refractivity contribution in [3.8, 4) is 0 Å². The lowest BCUT2D eigenvalue weighted by Gasteiger charge is -2.38. The number of hydrogen-bond donors (Lipinski definition) is 6. The highest BCUT2D eigenvalue weighted by Crippen LogP contribution is 2.33. The maximum absolute atomic E-state index is 13.9. The van der Waals surface area contributed by atoms with Crippen LogP contribution in [0.1, 0.15) is 62.5 Å². The van der Waals surface area contributed by atoms with Crippen LogP contribution in [-0.2, 0) is 41.6 Å². The normalized spacial score (nSPS) is 17.8. The maximum Gasteiger partial charge on any atom is 0.325 e. The zero-order valence-electron chi connectivity index (χ0n) is 29.0. The van der Waals surface area contributed by atoms with Crippen molar-refractivity contribution >= 4 is 29.6 Å². The Morgan fingerprint density at radius 1 is 0.800 bits per heavy atom. The average molecular weight is 692 g/mol. The molecule has 50 heavy (non-hydrogen) atoms. The van der Waals surface area contributed by atoms with E-state index in [1.807, 2.05) is 60.7 Å². The van der Waals surface area contributed by atoms with Crippen molar-refractivity contribution in [3.05, 3.63) is 71.8 Å². The van der Waals surface area contributed by atoms with Gasteiger partial charge in [-0.05, 0) is 68.5 Å². The number of hydrogen-bond acceptors (Lipinski definition) is 9. The second kappa shape index (κ2) is 18.6. The molecular weight excluding hydrogens is 638 g/mol. The SMILES string of the molecule is COC(=O)C1(N)CCN(C(=O)[C@@H](CCCCN)NC(=O)C(CC2CC2)NC(=O)[C@@H](Cc2ccccc2)NC(=O)[C@H](N)Cc2ccccc2)CC1. The molecule has 2 aromatic rings. The highest BCUT2D eigenvalue weighted by Gasteiger charge is 2.41. The highest BCUT2D eigenvalue weighted by molar-refractivity contribution is 5.95. The summed E-state index contributed by atoms with van der Waals surface area (Å²) < 4.78 is 4.86. The predicted octanol–water partition coefficient (Wildman–Crippen LogP) is 0.676. The number of carbonyl (C=O) groups is 5. The summed E-state index contributed by atoms with van der Waals surface area (Å²) in [5.41, 5.74) is 18.8. The molecule has 0 aromatic heterocycles. The van der Waals surface area contributed by atoms with Crippen molar-refractivity contribution in [2.45, 2.75) is 93.9 Å². The second-order valence-corrected chi connectivity index (χ2v) is 13.6. The van der Waals surface area contributed by atoms with Crippen LogP contribution in [-0.4, -0.2) is 90.9 Å². The van der Waals surface area contributed by atoms with Crippen LogP contribution in [0.15, 0.2) is 60.7 Å². The van der Waals surface area contributed by atoms with Gasteiger partial charge in [-0.2, -0.15) is 0 Å². The van der Waals surface area contributed by atoms with E-state index in [9.17, 15) is 24.0 Å². The largest absolute Gasteiger partial charge is 0.468 e. The molecule has 4 rings (SSSR count). The molecule has 9 N–H and O–H groups in total. The van der Waals surface area contributed by atoms with Crippen LogP contribution < -0.4 is 33.2 Å². The van der Waals surface area contributed by atoms with Gasteiger partial charge in [-0.15, -0.1) is 0 Å². The number of esters is 1. The minimum atomic E-state index is -1.17. The molecule has 0 bridgehead atoms. The van der Waals surface area contributed by atoms with Gasteiger partial charge in [0.25, 0.3) is 0 Å². The van der Waals surface area contributed by atoms with Crippen LogP contribution >= 0.6 is 0 Å². The maximum atomic E-state index is 13.9. The molecule has 13 heteroatoms. The zero-order chi connectivity index (χ0) is 36.1. The number of piperidine rings is 1. The summed E-state index contributed by atoms with van der Waals surface area (Å²) in [5, 5.41) is 8.66. The van der Waals surface area contributed by atoms with E-state index in [-0.39, 0.29) is 44.2 Å². The van der Waals surface area contributed by atoms with Crippen LogP contribution in [0, 0.1) is 5.92 Å². The number of nitrogens with one attached hydrogen (secondary N) is 3. The summed E-state index contributed by atoms with van der Waals surface area (Å²) in [4.78, 5) is 68.7. The third-order valence-electron chi connectivity index (χ3n) is 9.57. The minimum Gasteiger partial charge on any atom is -0.468 e. The van der Waals surface area contributed by atoms with Crippen molar-refractivity contribution in [1.29, 1.82) is 0 Å². The first kappa shape index (κ1) is 38.5. The summed E-state index contributed by atoms with van der Waals surface area (Å²) in [5.74, 6) is -2.00. The number of nitrogens with zero attached hydrogens (tertiary/aromatic N) is 1. The Bertz CT molecular complexity index is 1430. The zero-order valence-corrected chi connectivity index (χ0v) is 29.0. The first-order chi connectivity index (χ1) is 24.0. The van der Waals surface area contributed by atoms with Crippen molar-refractivity contribution in [2.24, 2.45) is 23.1 Å². The molecule has 1 aliphatic heterocycles. The quantitative estimate of drug-likeness (QED) is 0.0957. The molecule has 4 amide bonds. The Hall–Kier alpha value is -4.33. The number of amides is 4. The van der Waals surface area contributed by atoms with Gasteiger partial charge in [-0.1, -0.05) is 73.5 Å². The standard InChI is InChI=1S/C37H53N7O6/c1-50-36(49)37(40)17-20-44(21-18-37)35(48)29(14-8-9-19-38)41-33(46)31(24-27-15-16-27)43-34(47)30(23-26-12-6-3-7-13-26)42-32(45)28(39)22-25-10-4-2-5-11-25/h2-7,10-13,27-31H,8-9,14-24,38-40H2,1H3,(H,41,46)(H,42,45)(H,43,47)/t28-,29-,30-,31?/m1/s1. The lowest BCUT2D eigenvalue weighted by molar-refractivity contribution is -0.151. The van der Waals surface area contributed by atoms with Crippen molar-refractivity contribution < 1.29 is 28.7 Å². The highest BCUT2D eigenvalue weighted by atomic mass is 16.5. The molecule has 1 saturated heterocycles. The van der Waals surface area contributed by atoms with E-state index in [0.717, 1.165) is 24.0 Å².